The van der Waals surface area contributed by atoms with Crippen LogP contribution in [0, 0.1) is 0 Å². The summed E-state index contributed by atoms with van der Waals surface area (Å²) in [5.41, 5.74) is 1.45. The first-order valence-electron chi connectivity index (χ1n) is 10.2. The average molecular weight is 464 g/mol. The number of hydrogen-bond acceptors (Lipinski definition) is 5. The number of rotatable bonds is 7. The fourth-order valence-corrected chi connectivity index (χ4v) is 5.35. The summed E-state index contributed by atoms with van der Waals surface area (Å²) >= 11 is 0. The van der Waals surface area contributed by atoms with E-state index >= 15 is 0 Å². The van der Waals surface area contributed by atoms with Crippen LogP contribution in [0.4, 0.5) is 4.79 Å². The van der Waals surface area contributed by atoms with Gasteiger partial charge in [-0.25, -0.2) is 4.79 Å². The molecule has 8 nitrogen and oxygen atoms in total. The number of ether oxygens (including phenoxy) is 1. The van der Waals surface area contributed by atoms with Gasteiger partial charge in [0.2, 0.25) is 7.37 Å². The first-order chi connectivity index (χ1) is 15.9. The highest BCUT2D eigenvalue weighted by atomic mass is 31.2. The van der Waals surface area contributed by atoms with Gasteiger partial charge < -0.3 is 14.9 Å². The van der Waals surface area contributed by atoms with Gasteiger partial charge in [-0.3, -0.25) is 19.1 Å². The van der Waals surface area contributed by atoms with E-state index in [-0.39, 0.29) is 17.7 Å². The Morgan fingerprint density at radius 1 is 0.879 bits per heavy atom. The number of carbonyl (C=O) groups is 3. The van der Waals surface area contributed by atoms with Crippen LogP contribution in [0.25, 0.3) is 0 Å². The molecule has 2 N–H and O–H groups in total. The van der Waals surface area contributed by atoms with E-state index in [1.165, 1.54) is 12.1 Å². The number of alkyl carbamates (subject to hydrolysis) is 1. The molecule has 0 aliphatic carbocycles. The number of carbonyl (C=O) groups excluding carboxylic acids is 3. The minimum absolute atomic E-state index is 0.0255. The van der Waals surface area contributed by atoms with Gasteiger partial charge in [-0.15, -0.1) is 0 Å². The molecule has 0 bridgehead atoms. The molecule has 3 aromatic rings. The maximum atomic E-state index is 13.5. The molecule has 4 rings (SSSR count). The molecule has 168 valence electrons. The SMILES string of the molecule is O=C(NC(c1ccccc1)P(=O)(O)CN1C(=O)c2ccccc2C1=O)OCc1ccccc1. The van der Waals surface area contributed by atoms with Crippen molar-refractivity contribution in [3.63, 3.8) is 0 Å². The fraction of sp³-hybridized carbons (Fsp3) is 0.125. The van der Waals surface area contributed by atoms with Crippen molar-refractivity contribution in [2.45, 2.75) is 12.4 Å². The molecule has 33 heavy (non-hydrogen) atoms. The van der Waals surface area contributed by atoms with Crippen LogP contribution in [-0.2, 0) is 15.9 Å². The van der Waals surface area contributed by atoms with Gasteiger partial charge in [-0.2, -0.15) is 0 Å². The summed E-state index contributed by atoms with van der Waals surface area (Å²) in [4.78, 5) is 49.6. The Morgan fingerprint density at radius 3 is 1.97 bits per heavy atom. The van der Waals surface area contributed by atoms with E-state index in [9.17, 15) is 23.8 Å². The summed E-state index contributed by atoms with van der Waals surface area (Å²) in [6.07, 6.45) is -1.65. The van der Waals surface area contributed by atoms with Crippen LogP contribution < -0.4 is 5.32 Å². The van der Waals surface area contributed by atoms with Crippen molar-refractivity contribution in [3.8, 4) is 0 Å². The molecular formula is C24H21N2O6P. The molecule has 1 heterocycles. The third-order valence-corrected chi connectivity index (χ3v) is 7.13. The summed E-state index contributed by atoms with van der Waals surface area (Å²) in [6.45, 7) is -0.0255. The Morgan fingerprint density at radius 2 is 1.39 bits per heavy atom. The Labute approximate surface area is 190 Å². The Bertz CT molecular complexity index is 1200. The number of nitrogens with one attached hydrogen (secondary N) is 1. The number of nitrogens with zero attached hydrogens (tertiary/aromatic N) is 1. The summed E-state index contributed by atoms with van der Waals surface area (Å²) in [6, 6.07) is 23.4. The largest absolute Gasteiger partial charge is 0.445 e. The molecule has 3 amide bonds. The highest BCUT2D eigenvalue weighted by Gasteiger charge is 2.43. The predicted molar refractivity (Wildman–Crippen MR) is 121 cm³/mol. The van der Waals surface area contributed by atoms with Crippen molar-refractivity contribution >= 4 is 25.3 Å². The highest BCUT2D eigenvalue weighted by molar-refractivity contribution is 7.58. The van der Waals surface area contributed by atoms with Crippen molar-refractivity contribution < 1.29 is 28.6 Å². The Kier molecular flexibility index (Phi) is 6.40. The van der Waals surface area contributed by atoms with Crippen LogP contribution in [0.15, 0.2) is 84.9 Å². The van der Waals surface area contributed by atoms with Crippen molar-refractivity contribution in [2.24, 2.45) is 0 Å². The second kappa shape index (κ2) is 9.40. The van der Waals surface area contributed by atoms with Gasteiger partial charge in [0.15, 0.2) is 0 Å². The molecule has 2 unspecified atom stereocenters. The summed E-state index contributed by atoms with van der Waals surface area (Å²) in [7, 11) is -4.35. The monoisotopic (exact) mass is 464 g/mol. The van der Waals surface area contributed by atoms with Crippen molar-refractivity contribution in [2.75, 3.05) is 6.29 Å². The molecular weight excluding hydrogens is 443 g/mol. The normalized spacial score (nSPS) is 15.5. The van der Waals surface area contributed by atoms with E-state index in [0.717, 1.165) is 10.5 Å². The minimum Gasteiger partial charge on any atom is -0.445 e. The van der Waals surface area contributed by atoms with Crippen LogP contribution >= 0.6 is 7.37 Å². The molecule has 0 fully saturated rings. The van der Waals surface area contributed by atoms with Gasteiger partial charge in [-0.05, 0) is 23.3 Å². The summed E-state index contributed by atoms with van der Waals surface area (Å²) < 4.78 is 18.7. The fourth-order valence-electron chi connectivity index (χ4n) is 3.58. The number of benzene rings is 3. The van der Waals surface area contributed by atoms with E-state index in [4.69, 9.17) is 4.74 Å². The van der Waals surface area contributed by atoms with Gasteiger partial charge in [0.05, 0.1) is 11.1 Å². The maximum absolute atomic E-state index is 13.5. The zero-order chi connectivity index (χ0) is 23.4. The lowest BCUT2D eigenvalue weighted by atomic mass is 10.1. The quantitative estimate of drug-likeness (QED) is 0.402. The number of hydrogen-bond donors (Lipinski definition) is 2. The molecule has 0 aromatic heterocycles. The standard InChI is InChI=1S/C24H21N2O6P/c27-22-19-13-7-8-14-20(19)23(28)26(22)16-33(30,31)21(18-11-5-2-6-12-18)25-24(29)32-15-17-9-3-1-4-10-17/h1-14,21H,15-16H2,(H,25,29)(H,30,31). The Balaban J connectivity index is 1.54. The molecule has 1 aliphatic heterocycles. The summed E-state index contributed by atoms with van der Waals surface area (Å²) in [5.74, 6) is -2.68. The molecule has 0 radical (unpaired) electrons. The topological polar surface area (TPSA) is 113 Å². The lowest BCUT2D eigenvalue weighted by Crippen LogP contribution is -2.35. The van der Waals surface area contributed by atoms with Gasteiger partial charge >= 0.3 is 6.09 Å². The zero-order valence-corrected chi connectivity index (χ0v) is 18.4. The van der Waals surface area contributed by atoms with Crippen LogP contribution in [-0.4, -0.2) is 34.0 Å². The van der Waals surface area contributed by atoms with Gasteiger partial charge in [-0.1, -0.05) is 72.8 Å². The minimum atomic E-state index is -4.35. The zero-order valence-electron chi connectivity index (χ0n) is 17.5. The maximum Gasteiger partial charge on any atom is 0.408 e. The van der Waals surface area contributed by atoms with Crippen molar-refractivity contribution in [1.82, 2.24) is 10.2 Å². The van der Waals surface area contributed by atoms with Crippen LogP contribution in [0.1, 0.15) is 37.6 Å². The number of imide groups is 1. The molecule has 0 saturated heterocycles. The number of fused-ring (bicyclic) bond motifs is 1. The second-order valence-corrected chi connectivity index (χ2v) is 9.81. The molecule has 3 aromatic carbocycles. The third kappa shape index (κ3) is 4.87. The van der Waals surface area contributed by atoms with Gasteiger partial charge in [0.25, 0.3) is 11.8 Å². The molecule has 2 atom stereocenters. The Hall–Kier alpha value is -3.74. The van der Waals surface area contributed by atoms with E-state index in [1.54, 1.807) is 66.7 Å². The van der Waals surface area contributed by atoms with Crippen LogP contribution in [0.3, 0.4) is 0 Å². The van der Waals surface area contributed by atoms with Crippen LogP contribution in [0.2, 0.25) is 0 Å². The first-order valence-corrected chi connectivity index (χ1v) is 12.1. The second-order valence-electron chi connectivity index (χ2n) is 7.50. The molecule has 1 aliphatic rings. The highest BCUT2D eigenvalue weighted by Crippen LogP contribution is 2.55. The first kappa shape index (κ1) is 22.5. The molecule has 0 spiro atoms. The predicted octanol–water partition coefficient (Wildman–Crippen LogP) is 4.14. The average Bonchev–Trinajstić information content (AvgIpc) is 3.07. The van der Waals surface area contributed by atoms with E-state index in [2.05, 4.69) is 5.32 Å². The smallest absolute Gasteiger partial charge is 0.408 e. The molecule has 0 saturated carbocycles. The van der Waals surface area contributed by atoms with Gasteiger partial charge in [0.1, 0.15) is 18.7 Å². The summed E-state index contributed by atoms with van der Waals surface area (Å²) in [5, 5.41) is 2.45. The number of amides is 3. The van der Waals surface area contributed by atoms with E-state index < -0.39 is 37.3 Å². The van der Waals surface area contributed by atoms with Crippen molar-refractivity contribution in [1.29, 1.82) is 0 Å². The van der Waals surface area contributed by atoms with Crippen molar-refractivity contribution in [3.05, 3.63) is 107 Å². The lowest BCUT2D eigenvalue weighted by Gasteiger charge is -2.27. The van der Waals surface area contributed by atoms with Crippen LogP contribution in [0.5, 0.6) is 0 Å². The van der Waals surface area contributed by atoms with E-state index in [1.807, 2.05) is 6.07 Å². The lowest BCUT2D eigenvalue weighted by molar-refractivity contribution is 0.0675. The van der Waals surface area contributed by atoms with E-state index in [0.29, 0.717) is 5.56 Å². The third-order valence-electron chi connectivity index (χ3n) is 5.21. The molecule has 9 heteroatoms. The van der Waals surface area contributed by atoms with Gasteiger partial charge in [0, 0.05) is 0 Å².